The zero-order valence-corrected chi connectivity index (χ0v) is 15.7. The monoisotopic (exact) mass is 344 g/mol. The van der Waals surface area contributed by atoms with E-state index in [1.165, 1.54) is 16.7 Å². The van der Waals surface area contributed by atoms with Crippen LogP contribution in [0.4, 0.5) is 0 Å². The third-order valence-electron chi connectivity index (χ3n) is 4.12. The second-order valence-electron chi connectivity index (χ2n) is 5.64. The molecule has 0 aliphatic carbocycles. The van der Waals surface area contributed by atoms with E-state index >= 15 is 0 Å². The molecule has 2 rings (SSSR count). The fourth-order valence-electron chi connectivity index (χ4n) is 2.55. The summed E-state index contributed by atoms with van der Waals surface area (Å²) in [5.41, 5.74) is 3.98. The molecule has 0 saturated carbocycles. The van der Waals surface area contributed by atoms with Crippen LogP contribution in [-0.2, 0) is 19.6 Å². The van der Waals surface area contributed by atoms with Crippen LogP contribution in [0.1, 0.15) is 30.5 Å². The number of hydrogen-bond acceptors (Lipinski definition) is 3. The largest absolute Gasteiger partial charge is 0.352 e. The molecule has 0 aliphatic heterocycles. The van der Waals surface area contributed by atoms with Crippen LogP contribution in [0, 0.1) is 0 Å². The summed E-state index contributed by atoms with van der Waals surface area (Å²) < 4.78 is 0. The summed E-state index contributed by atoms with van der Waals surface area (Å²) in [5, 5.41) is 11.0. The lowest BCUT2D eigenvalue weighted by atomic mass is 10.1. The first-order chi connectivity index (χ1) is 11.8. The van der Waals surface area contributed by atoms with Crippen LogP contribution in [0.15, 0.2) is 46.1 Å². The van der Waals surface area contributed by atoms with Gasteiger partial charge in [0, 0.05) is 26.7 Å². The first kappa shape index (κ1) is 18.5. The van der Waals surface area contributed by atoms with Crippen molar-refractivity contribution in [2.75, 3.05) is 20.1 Å². The molecule has 0 amide bonds. The summed E-state index contributed by atoms with van der Waals surface area (Å²) in [7, 11) is 1.81. The standard InChI is InChI=1S/C19H28N4S/c1-4-23(5-2)14-18-9-7-6-8-17(18)13-22-19(20-3)21-12-16-10-11-24-15-16/h6-11,15H,4-5,12-14H2,1-3H3,(H2,20,21,22). The Hall–Kier alpha value is -1.85. The van der Waals surface area contributed by atoms with Gasteiger partial charge in [-0.25, -0.2) is 0 Å². The summed E-state index contributed by atoms with van der Waals surface area (Å²) in [5.74, 6) is 0.832. The highest BCUT2D eigenvalue weighted by Crippen LogP contribution is 2.11. The highest BCUT2D eigenvalue weighted by atomic mass is 32.1. The Morgan fingerprint density at radius 2 is 1.75 bits per heavy atom. The highest BCUT2D eigenvalue weighted by Gasteiger charge is 2.07. The molecule has 24 heavy (non-hydrogen) atoms. The van der Waals surface area contributed by atoms with Gasteiger partial charge >= 0.3 is 0 Å². The number of hydrogen-bond donors (Lipinski definition) is 2. The molecule has 0 unspecified atom stereocenters. The van der Waals surface area contributed by atoms with E-state index in [1.807, 2.05) is 7.05 Å². The van der Waals surface area contributed by atoms with Crippen molar-refractivity contribution in [1.82, 2.24) is 15.5 Å². The van der Waals surface area contributed by atoms with Crippen LogP contribution >= 0.6 is 11.3 Å². The summed E-state index contributed by atoms with van der Waals surface area (Å²) >= 11 is 1.72. The van der Waals surface area contributed by atoms with Gasteiger partial charge < -0.3 is 10.6 Å². The zero-order chi connectivity index (χ0) is 17.2. The number of benzene rings is 1. The number of nitrogens with one attached hydrogen (secondary N) is 2. The van der Waals surface area contributed by atoms with E-state index in [-0.39, 0.29) is 0 Å². The molecule has 5 heteroatoms. The van der Waals surface area contributed by atoms with Crippen LogP contribution < -0.4 is 10.6 Å². The van der Waals surface area contributed by atoms with E-state index < -0.39 is 0 Å². The first-order valence-electron chi connectivity index (χ1n) is 8.51. The molecular weight excluding hydrogens is 316 g/mol. The molecular formula is C19H28N4S. The molecule has 2 aromatic rings. The lowest BCUT2D eigenvalue weighted by Gasteiger charge is -2.20. The Labute approximate surface area is 149 Å². The second-order valence-corrected chi connectivity index (χ2v) is 6.42. The molecule has 4 nitrogen and oxygen atoms in total. The Bertz CT molecular complexity index is 618. The molecule has 0 spiro atoms. The van der Waals surface area contributed by atoms with Crippen LogP contribution in [0.2, 0.25) is 0 Å². The van der Waals surface area contributed by atoms with Crippen LogP contribution in [0.25, 0.3) is 0 Å². The van der Waals surface area contributed by atoms with Crippen molar-refractivity contribution in [3.8, 4) is 0 Å². The summed E-state index contributed by atoms with van der Waals surface area (Å²) in [4.78, 5) is 6.75. The van der Waals surface area contributed by atoms with E-state index in [9.17, 15) is 0 Å². The van der Waals surface area contributed by atoms with Gasteiger partial charge in [-0.05, 0) is 46.6 Å². The quantitative estimate of drug-likeness (QED) is 0.569. The average Bonchev–Trinajstić information content (AvgIpc) is 3.14. The minimum atomic E-state index is 0.779. The van der Waals surface area contributed by atoms with Crippen molar-refractivity contribution in [2.24, 2.45) is 4.99 Å². The molecule has 1 heterocycles. The molecule has 0 aliphatic rings. The van der Waals surface area contributed by atoms with Gasteiger partial charge in [-0.3, -0.25) is 9.89 Å². The van der Waals surface area contributed by atoms with E-state index in [2.05, 4.69) is 75.5 Å². The number of nitrogens with zero attached hydrogens (tertiary/aromatic N) is 2. The Balaban J connectivity index is 1.92. The third-order valence-corrected chi connectivity index (χ3v) is 4.85. The van der Waals surface area contributed by atoms with Gasteiger partial charge in [0.1, 0.15) is 0 Å². The maximum atomic E-state index is 4.31. The maximum absolute atomic E-state index is 4.31. The lowest BCUT2D eigenvalue weighted by Crippen LogP contribution is -2.36. The number of thiophene rings is 1. The van der Waals surface area contributed by atoms with Crippen molar-refractivity contribution in [1.29, 1.82) is 0 Å². The molecule has 130 valence electrons. The summed E-state index contributed by atoms with van der Waals surface area (Å²) in [6.07, 6.45) is 0. The predicted molar refractivity (Wildman–Crippen MR) is 104 cm³/mol. The molecule has 1 aromatic carbocycles. The maximum Gasteiger partial charge on any atom is 0.191 e. The SMILES string of the molecule is CCN(CC)Cc1ccccc1CNC(=NC)NCc1ccsc1. The normalized spacial score (nSPS) is 11.8. The average molecular weight is 345 g/mol. The molecule has 1 aromatic heterocycles. The zero-order valence-electron chi connectivity index (χ0n) is 14.9. The van der Waals surface area contributed by atoms with Crippen molar-refractivity contribution >= 4 is 17.3 Å². The minimum Gasteiger partial charge on any atom is -0.352 e. The number of aliphatic imine (C=N–C) groups is 1. The third kappa shape index (κ3) is 5.65. The fraction of sp³-hybridized carbons (Fsp3) is 0.421. The van der Waals surface area contributed by atoms with E-state index in [1.54, 1.807) is 11.3 Å². The molecule has 2 N–H and O–H groups in total. The summed E-state index contributed by atoms with van der Waals surface area (Å²) in [6, 6.07) is 10.8. The molecule has 0 atom stereocenters. The summed E-state index contributed by atoms with van der Waals surface area (Å²) in [6.45, 7) is 9.13. The number of guanidine groups is 1. The Morgan fingerprint density at radius 1 is 1.04 bits per heavy atom. The van der Waals surface area contributed by atoms with E-state index in [0.29, 0.717) is 0 Å². The van der Waals surface area contributed by atoms with Crippen molar-refractivity contribution in [2.45, 2.75) is 33.5 Å². The van der Waals surface area contributed by atoms with Gasteiger partial charge in [0.15, 0.2) is 5.96 Å². The first-order valence-corrected chi connectivity index (χ1v) is 9.45. The molecule has 0 bridgehead atoms. The predicted octanol–water partition coefficient (Wildman–Crippen LogP) is 3.46. The van der Waals surface area contributed by atoms with Crippen molar-refractivity contribution < 1.29 is 0 Å². The fourth-order valence-corrected chi connectivity index (χ4v) is 3.22. The van der Waals surface area contributed by atoms with Gasteiger partial charge in [-0.15, -0.1) is 0 Å². The molecule has 0 saturated heterocycles. The second kappa shape index (κ2) is 10.1. The van der Waals surface area contributed by atoms with Gasteiger partial charge in [0.25, 0.3) is 0 Å². The van der Waals surface area contributed by atoms with Crippen LogP contribution in [0.5, 0.6) is 0 Å². The van der Waals surface area contributed by atoms with Crippen molar-refractivity contribution in [3.63, 3.8) is 0 Å². The molecule has 0 radical (unpaired) electrons. The van der Waals surface area contributed by atoms with Gasteiger partial charge in [-0.2, -0.15) is 11.3 Å². The number of rotatable bonds is 8. The van der Waals surface area contributed by atoms with Gasteiger partial charge in [0.2, 0.25) is 0 Å². The topological polar surface area (TPSA) is 39.7 Å². The van der Waals surface area contributed by atoms with Crippen molar-refractivity contribution in [3.05, 3.63) is 57.8 Å². The van der Waals surface area contributed by atoms with Crippen LogP contribution in [0.3, 0.4) is 0 Å². The van der Waals surface area contributed by atoms with Crippen LogP contribution in [-0.4, -0.2) is 31.0 Å². The van der Waals surface area contributed by atoms with E-state index in [4.69, 9.17) is 0 Å². The van der Waals surface area contributed by atoms with E-state index in [0.717, 1.165) is 38.7 Å². The molecule has 0 fully saturated rings. The minimum absolute atomic E-state index is 0.779. The smallest absolute Gasteiger partial charge is 0.191 e. The lowest BCUT2D eigenvalue weighted by molar-refractivity contribution is 0.295. The van der Waals surface area contributed by atoms with Gasteiger partial charge in [-0.1, -0.05) is 38.1 Å². The Kier molecular flexibility index (Phi) is 7.79. The van der Waals surface area contributed by atoms with Gasteiger partial charge in [0.05, 0.1) is 0 Å². The Morgan fingerprint density at radius 3 is 2.38 bits per heavy atom. The highest BCUT2D eigenvalue weighted by molar-refractivity contribution is 7.07.